The van der Waals surface area contributed by atoms with Crippen LogP contribution >= 0.6 is 0 Å². The predicted molar refractivity (Wildman–Crippen MR) is 64.3 cm³/mol. The normalized spacial score (nSPS) is 11.9. The Balaban J connectivity index is 2.48. The summed E-state index contributed by atoms with van der Waals surface area (Å²) in [5, 5.41) is 26.0. The first-order valence-electron chi connectivity index (χ1n) is 5.91. The van der Waals surface area contributed by atoms with E-state index in [4.69, 9.17) is 4.74 Å². The van der Waals surface area contributed by atoms with Crippen LogP contribution in [0.5, 0.6) is 5.95 Å². The van der Waals surface area contributed by atoms with Crippen LogP contribution < -0.4 is 9.79 Å². The number of hydrogen-bond acceptors (Lipinski definition) is 7. The number of esters is 1. The minimum absolute atomic E-state index is 0.0364. The van der Waals surface area contributed by atoms with Gasteiger partial charge in [-0.1, -0.05) is 0 Å². The molecule has 2 aromatic rings. The van der Waals surface area contributed by atoms with Crippen LogP contribution in [0, 0.1) is 10.1 Å². The van der Waals surface area contributed by atoms with Crippen LogP contribution in [0.4, 0.5) is 5.69 Å². The number of benzene rings is 1. The second-order valence-corrected chi connectivity index (χ2v) is 4.19. The van der Waals surface area contributed by atoms with Gasteiger partial charge >= 0.3 is 5.97 Å². The molecule has 21 heavy (non-hydrogen) atoms. The number of rotatable bonds is 4. The summed E-state index contributed by atoms with van der Waals surface area (Å²) in [4.78, 5) is 21.2. The van der Waals surface area contributed by atoms with Gasteiger partial charge in [-0.3, -0.25) is 14.9 Å². The number of nitro groups is 1. The molecule has 1 atom stereocenters. The third-order valence-electron chi connectivity index (χ3n) is 2.66. The number of non-ortho nitro benzene ring substituents is 1. The summed E-state index contributed by atoms with van der Waals surface area (Å²) in [6.07, 6.45) is -0.902. The highest BCUT2D eigenvalue weighted by Crippen LogP contribution is 2.22. The van der Waals surface area contributed by atoms with Crippen molar-refractivity contribution in [1.29, 1.82) is 0 Å². The molecule has 1 unspecified atom stereocenters. The molecule has 0 saturated heterocycles. The lowest BCUT2D eigenvalue weighted by molar-refractivity contribution is -0.680. The van der Waals surface area contributed by atoms with Crippen LogP contribution in [0.3, 0.4) is 0 Å². The van der Waals surface area contributed by atoms with Crippen molar-refractivity contribution in [2.75, 3.05) is 0 Å². The molecule has 0 bridgehead atoms. The number of nitrogens with zero attached hydrogens (tertiary/aromatic N) is 3. The highest BCUT2D eigenvalue weighted by molar-refractivity contribution is 5.66. The fraction of sp³-hybridized carbons (Fsp3) is 0.250. The third-order valence-corrected chi connectivity index (χ3v) is 2.66. The Hall–Kier alpha value is -2.97. The van der Waals surface area contributed by atoms with Crippen LogP contribution in [0.25, 0.3) is 5.69 Å². The van der Waals surface area contributed by atoms with Gasteiger partial charge in [-0.05, 0) is 17.7 Å². The van der Waals surface area contributed by atoms with E-state index in [1.807, 2.05) is 0 Å². The molecule has 2 rings (SSSR count). The van der Waals surface area contributed by atoms with Gasteiger partial charge in [0.25, 0.3) is 11.4 Å². The molecule has 0 saturated carbocycles. The Bertz CT molecular complexity index is 696. The number of carbonyl (C=O) groups is 1. The van der Waals surface area contributed by atoms with Crippen molar-refractivity contribution in [3.05, 3.63) is 40.1 Å². The first-order valence-corrected chi connectivity index (χ1v) is 5.91. The van der Waals surface area contributed by atoms with Gasteiger partial charge in [-0.2, -0.15) is 0 Å². The Morgan fingerprint density at radius 1 is 1.52 bits per heavy atom. The second-order valence-electron chi connectivity index (χ2n) is 4.19. The molecule has 1 aromatic carbocycles. The lowest BCUT2D eigenvalue weighted by Crippen LogP contribution is -2.38. The molecule has 0 aliphatic carbocycles. The van der Waals surface area contributed by atoms with Gasteiger partial charge in [0, 0.05) is 19.1 Å². The average Bonchev–Trinajstić information content (AvgIpc) is 2.80. The minimum atomic E-state index is -0.902. The van der Waals surface area contributed by atoms with Crippen molar-refractivity contribution < 1.29 is 28.8 Å². The Morgan fingerprint density at radius 3 is 2.86 bits per heavy atom. The molecule has 0 fully saturated rings. The van der Waals surface area contributed by atoms with Gasteiger partial charge in [0.15, 0.2) is 12.1 Å². The number of carbonyl (C=O) groups excluding carboxylic acids is 1. The zero-order valence-corrected chi connectivity index (χ0v) is 11.2. The molecule has 9 heteroatoms. The zero-order chi connectivity index (χ0) is 15.6. The van der Waals surface area contributed by atoms with Crippen LogP contribution in [0.15, 0.2) is 28.8 Å². The van der Waals surface area contributed by atoms with Crippen LogP contribution in [0.2, 0.25) is 0 Å². The van der Waals surface area contributed by atoms with Crippen molar-refractivity contribution in [2.24, 2.45) is 0 Å². The van der Waals surface area contributed by atoms with E-state index < -0.39 is 22.9 Å². The monoisotopic (exact) mass is 293 g/mol. The Kier molecular flexibility index (Phi) is 3.83. The summed E-state index contributed by atoms with van der Waals surface area (Å²) in [5.41, 5.74) is 0.0521. The molecule has 0 radical (unpaired) electrons. The first-order chi connectivity index (χ1) is 9.90. The summed E-state index contributed by atoms with van der Waals surface area (Å²) >= 11 is 0. The van der Waals surface area contributed by atoms with Gasteiger partial charge in [0.2, 0.25) is 5.69 Å². The SMILES string of the molecule is CC(=O)OC(C)c1c([O-])on[n+]1-c1cccc([N+](=O)[O-])c1. The van der Waals surface area contributed by atoms with E-state index in [-0.39, 0.29) is 17.1 Å². The highest BCUT2D eigenvalue weighted by Gasteiger charge is 2.29. The van der Waals surface area contributed by atoms with E-state index in [1.54, 1.807) is 0 Å². The van der Waals surface area contributed by atoms with Crippen molar-refractivity contribution in [2.45, 2.75) is 20.0 Å². The van der Waals surface area contributed by atoms with Crippen molar-refractivity contribution in [3.8, 4) is 11.6 Å². The maximum atomic E-state index is 11.7. The second kappa shape index (κ2) is 5.57. The summed E-state index contributed by atoms with van der Waals surface area (Å²) in [7, 11) is 0. The Morgan fingerprint density at radius 2 is 2.24 bits per heavy atom. The van der Waals surface area contributed by atoms with Crippen molar-refractivity contribution in [3.63, 3.8) is 0 Å². The van der Waals surface area contributed by atoms with Crippen molar-refractivity contribution in [1.82, 2.24) is 5.27 Å². The number of ether oxygens (including phenoxy) is 1. The van der Waals surface area contributed by atoms with Gasteiger partial charge in [-0.15, -0.1) is 0 Å². The number of aromatic nitrogens is 2. The molecule has 1 aromatic heterocycles. The van der Waals surface area contributed by atoms with E-state index in [0.29, 0.717) is 0 Å². The molecule has 0 aliphatic rings. The quantitative estimate of drug-likeness (QED) is 0.349. The van der Waals surface area contributed by atoms with E-state index in [0.717, 1.165) is 4.68 Å². The van der Waals surface area contributed by atoms with Crippen molar-refractivity contribution >= 4 is 11.7 Å². The van der Waals surface area contributed by atoms with E-state index in [2.05, 4.69) is 9.79 Å². The van der Waals surface area contributed by atoms with E-state index >= 15 is 0 Å². The molecule has 1 heterocycles. The molecular formula is C12H11N3O6. The molecule has 110 valence electrons. The maximum Gasteiger partial charge on any atom is 0.303 e. The standard InChI is InChI=1S/C12H11N3O6/c1-7(20-8(2)16)11-12(17)21-13-14(11)9-4-3-5-10(6-9)15(18)19/h3-7H,1-2H3. The number of nitro benzene ring substituents is 1. The van der Waals surface area contributed by atoms with Gasteiger partial charge in [-0.25, -0.2) is 0 Å². The highest BCUT2D eigenvalue weighted by atomic mass is 16.6. The average molecular weight is 293 g/mol. The van der Waals surface area contributed by atoms with Gasteiger partial charge < -0.3 is 14.4 Å². The minimum Gasteiger partial charge on any atom is -0.539 e. The summed E-state index contributed by atoms with van der Waals surface area (Å²) in [6.45, 7) is 2.68. The molecule has 0 spiro atoms. The molecule has 0 amide bonds. The number of hydrogen-bond donors (Lipinski definition) is 0. The lowest BCUT2D eigenvalue weighted by Gasteiger charge is -2.08. The van der Waals surface area contributed by atoms with Crippen LogP contribution in [0.1, 0.15) is 25.6 Å². The molecule has 9 nitrogen and oxygen atoms in total. The Labute approximate surface area is 118 Å². The van der Waals surface area contributed by atoms with E-state index in [1.165, 1.54) is 38.1 Å². The van der Waals surface area contributed by atoms with Crippen LogP contribution in [-0.4, -0.2) is 16.2 Å². The lowest BCUT2D eigenvalue weighted by atomic mass is 10.2. The summed E-state index contributed by atoms with van der Waals surface area (Å²) in [5.74, 6) is -1.36. The van der Waals surface area contributed by atoms with Crippen LogP contribution in [-0.2, 0) is 9.53 Å². The molecule has 0 aliphatic heterocycles. The third kappa shape index (κ3) is 2.96. The fourth-order valence-corrected chi connectivity index (χ4v) is 1.82. The van der Waals surface area contributed by atoms with Gasteiger partial charge in [0.1, 0.15) is 0 Å². The van der Waals surface area contributed by atoms with Gasteiger partial charge in [0.05, 0.1) is 16.3 Å². The zero-order valence-electron chi connectivity index (χ0n) is 11.2. The smallest absolute Gasteiger partial charge is 0.303 e. The summed E-state index contributed by atoms with van der Waals surface area (Å²) in [6, 6.07) is 5.49. The maximum absolute atomic E-state index is 11.7. The molecular weight excluding hydrogens is 282 g/mol. The predicted octanol–water partition coefficient (Wildman–Crippen LogP) is 0.557. The first kappa shape index (κ1) is 14.4. The fourth-order valence-electron chi connectivity index (χ4n) is 1.82. The van der Waals surface area contributed by atoms with E-state index in [9.17, 15) is 20.0 Å². The topological polar surface area (TPSA) is 122 Å². The largest absolute Gasteiger partial charge is 0.539 e. The molecule has 0 N–H and O–H groups in total. The summed E-state index contributed by atoms with van der Waals surface area (Å²) < 4.78 is 10.5.